The van der Waals surface area contributed by atoms with Gasteiger partial charge in [-0.3, -0.25) is 14.4 Å². The normalized spacial score (nSPS) is 19.3. The lowest BCUT2D eigenvalue weighted by molar-refractivity contribution is -0.136. The SMILES string of the molecule is O=C(Nc1ccc(F)cc1)C1CCN(C(=O)[C@H]2Sc3ccccc3NC2=O)CC1. The molecule has 0 radical (unpaired) electrons. The van der Waals surface area contributed by atoms with Gasteiger partial charge in [-0.25, -0.2) is 4.39 Å². The zero-order chi connectivity index (χ0) is 20.4. The van der Waals surface area contributed by atoms with Crippen molar-refractivity contribution in [2.24, 2.45) is 5.92 Å². The number of thioether (sulfide) groups is 1. The largest absolute Gasteiger partial charge is 0.341 e. The molecule has 2 aliphatic rings. The minimum Gasteiger partial charge on any atom is -0.341 e. The molecule has 1 atom stereocenters. The molecule has 0 unspecified atom stereocenters. The van der Waals surface area contributed by atoms with Gasteiger partial charge in [0.05, 0.1) is 5.69 Å². The number of benzene rings is 2. The fraction of sp³-hybridized carbons (Fsp3) is 0.286. The fourth-order valence-corrected chi connectivity index (χ4v) is 4.59. The minimum atomic E-state index is -0.811. The Kier molecular flexibility index (Phi) is 5.53. The van der Waals surface area contributed by atoms with Crippen molar-refractivity contribution in [2.75, 3.05) is 23.7 Å². The summed E-state index contributed by atoms with van der Waals surface area (Å²) in [6.45, 7) is 0.846. The summed E-state index contributed by atoms with van der Waals surface area (Å²) in [7, 11) is 0. The highest BCUT2D eigenvalue weighted by Crippen LogP contribution is 2.36. The van der Waals surface area contributed by atoms with Gasteiger partial charge in [-0.1, -0.05) is 12.1 Å². The van der Waals surface area contributed by atoms with Crippen LogP contribution >= 0.6 is 11.8 Å². The van der Waals surface area contributed by atoms with Crippen molar-refractivity contribution in [1.82, 2.24) is 4.90 Å². The monoisotopic (exact) mass is 413 g/mol. The Balaban J connectivity index is 1.33. The first-order valence-corrected chi connectivity index (χ1v) is 10.3. The molecule has 0 spiro atoms. The molecule has 2 aromatic carbocycles. The van der Waals surface area contributed by atoms with Gasteiger partial charge in [0.15, 0.2) is 5.25 Å². The van der Waals surface area contributed by atoms with E-state index in [-0.39, 0.29) is 29.5 Å². The molecule has 0 bridgehead atoms. The van der Waals surface area contributed by atoms with Crippen molar-refractivity contribution < 1.29 is 18.8 Å². The summed E-state index contributed by atoms with van der Waals surface area (Å²) in [4.78, 5) is 40.2. The fourth-order valence-electron chi connectivity index (χ4n) is 3.52. The van der Waals surface area contributed by atoms with E-state index in [0.717, 1.165) is 10.6 Å². The highest BCUT2D eigenvalue weighted by Gasteiger charge is 2.37. The van der Waals surface area contributed by atoms with Crippen molar-refractivity contribution in [1.29, 1.82) is 0 Å². The molecule has 0 aliphatic carbocycles. The van der Waals surface area contributed by atoms with Gasteiger partial charge in [-0.2, -0.15) is 0 Å². The Morgan fingerprint density at radius 2 is 1.76 bits per heavy atom. The number of para-hydroxylation sites is 1. The number of nitrogens with zero attached hydrogens (tertiary/aromatic N) is 1. The first-order valence-electron chi connectivity index (χ1n) is 9.43. The predicted octanol–water partition coefficient (Wildman–Crippen LogP) is 3.12. The minimum absolute atomic E-state index is 0.137. The highest BCUT2D eigenvalue weighted by molar-refractivity contribution is 8.01. The van der Waals surface area contributed by atoms with Crippen molar-refractivity contribution in [3.8, 4) is 0 Å². The van der Waals surface area contributed by atoms with Crippen LogP contribution in [0.5, 0.6) is 0 Å². The van der Waals surface area contributed by atoms with Crippen molar-refractivity contribution in [3.05, 3.63) is 54.3 Å². The summed E-state index contributed by atoms with van der Waals surface area (Å²) in [5, 5.41) is 4.77. The van der Waals surface area contributed by atoms with Crippen molar-refractivity contribution >= 4 is 40.9 Å². The maximum Gasteiger partial charge on any atom is 0.247 e. The number of piperidine rings is 1. The lowest BCUT2D eigenvalue weighted by atomic mass is 9.95. The molecule has 2 aliphatic heterocycles. The number of amides is 3. The van der Waals surface area contributed by atoms with E-state index >= 15 is 0 Å². The van der Waals surface area contributed by atoms with Crippen molar-refractivity contribution in [3.63, 3.8) is 0 Å². The third-order valence-electron chi connectivity index (χ3n) is 5.14. The Bertz CT molecular complexity index is 942. The second-order valence-corrected chi connectivity index (χ2v) is 8.23. The Morgan fingerprint density at radius 3 is 2.48 bits per heavy atom. The molecule has 1 saturated heterocycles. The summed E-state index contributed by atoms with van der Waals surface area (Å²) in [5.74, 6) is -1.25. The molecular weight excluding hydrogens is 393 g/mol. The maximum atomic E-state index is 13.0. The van der Waals surface area contributed by atoms with Crippen LogP contribution in [-0.2, 0) is 14.4 Å². The molecule has 2 N–H and O–H groups in total. The third-order valence-corrected chi connectivity index (χ3v) is 6.40. The van der Waals surface area contributed by atoms with Crippen LogP contribution in [0, 0.1) is 11.7 Å². The van der Waals surface area contributed by atoms with Gasteiger partial charge >= 0.3 is 0 Å². The molecule has 3 amide bonds. The second kappa shape index (κ2) is 8.24. The van der Waals surface area contributed by atoms with Gasteiger partial charge in [-0.05, 0) is 49.2 Å². The highest BCUT2D eigenvalue weighted by atomic mass is 32.2. The number of halogens is 1. The number of fused-ring (bicyclic) bond motifs is 1. The van der Waals surface area contributed by atoms with Gasteiger partial charge in [0.2, 0.25) is 17.7 Å². The van der Waals surface area contributed by atoms with E-state index in [1.807, 2.05) is 24.3 Å². The summed E-state index contributed by atoms with van der Waals surface area (Å²) in [5.41, 5.74) is 1.27. The van der Waals surface area contributed by atoms with Crippen LogP contribution in [-0.4, -0.2) is 41.0 Å². The van der Waals surface area contributed by atoms with E-state index in [4.69, 9.17) is 0 Å². The third kappa shape index (κ3) is 4.27. The molecule has 150 valence electrons. The summed E-state index contributed by atoms with van der Waals surface area (Å²) < 4.78 is 13.0. The van der Waals surface area contributed by atoms with Crippen LogP contribution in [0.15, 0.2) is 53.4 Å². The first-order chi connectivity index (χ1) is 14.0. The molecular formula is C21H20FN3O3S. The Morgan fingerprint density at radius 1 is 1.07 bits per heavy atom. The quantitative estimate of drug-likeness (QED) is 0.758. The zero-order valence-electron chi connectivity index (χ0n) is 15.6. The number of hydrogen-bond donors (Lipinski definition) is 2. The standard InChI is InChI=1S/C21H20FN3O3S/c22-14-5-7-15(8-6-14)23-19(26)13-9-11-25(12-10-13)21(28)18-20(27)24-16-3-1-2-4-17(16)29-18/h1-8,13,18H,9-12H2,(H,23,26)(H,24,27)/t18-/m0/s1. The van der Waals surface area contributed by atoms with Gasteiger partial charge in [0.25, 0.3) is 0 Å². The molecule has 6 nitrogen and oxygen atoms in total. The van der Waals surface area contributed by atoms with Crippen LogP contribution < -0.4 is 10.6 Å². The lowest BCUT2D eigenvalue weighted by Gasteiger charge is -2.34. The molecule has 0 aromatic heterocycles. The average Bonchev–Trinajstić information content (AvgIpc) is 2.74. The van der Waals surface area contributed by atoms with E-state index < -0.39 is 5.25 Å². The molecule has 8 heteroatoms. The molecule has 4 rings (SSSR count). The van der Waals surface area contributed by atoms with E-state index in [0.29, 0.717) is 31.6 Å². The number of likely N-dealkylation sites (tertiary alicyclic amines) is 1. The van der Waals surface area contributed by atoms with E-state index in [2.05, 4.69) is 10.6 Å². The van der Waals surface area contributed by atoms with Gasteiger partial charge in [-0.15, -0.1) is 11.8 Å². The molecule has 2 aromatic rings. The maximum absolute atomic E-state index is 13.0. The number of nitrogens with one attached hydrogen (secondary N) is 2. The van der Waals surface area contributed by atoms with Crippen LogP contribution in [0.4, 0.5) is 15.8 Å². The Labute approximate surface area is 171 Å². The summed E-state index contributed by atoms with van der Waals surface area (Å²) in [6, 6.07) is 13.0. The van der Waals surface area contributed by atoms with Crippen molar-refractivity contribution in [2.45, 2.75) is 23.0 Å². The van der Waals surface area contributed by atoms with Crippen LogP contribution in [0.25, 0.3) is 0 Å². The first kappa shape index (κ1) is 19.4. The summed E-state index contributed by atoms with van der Waals surface area (Å²) >= 11 is 1.26. The molecule has 1 fully saturated rings. The van der Waals surface area contributed by atoms with E-state index in [1.54, 1.807) is 4.90 Å². The topological polar surface area (TPSA) is 78.5 Å². The number of hydrogen-bond acceptors (Lipinski definition) is 4. The summed E-state index contributed by atoms with van der Waals surface area (Å²) in [6.07, 6.45) is 1.04. The molecule has 0 saturated carbocycles. The number of rotatable bonds is 3. The molecule has 29 heavy (non-hydrogen) atoms. The predicted molar refractivity (Wildman–Crippen MR) is 109 cm³/mol. The smallest absolute Gasteiger partial charge is 0.247 e. The molecule has 2 heterocycles. The van der Waals surface area contributed by atoms with Gasteiger partial charge in [0, 0.05) is 29.6 Å². The number of carbonyl (C=O) groups excluding carboxylic acids is 3. The zero-order valence-corrected chi connectivity index (χ0v) is 16.4. The average molecular weight is 413 g/mol. The number of anilines is 2. The van der Waals surface area contributed by atoms with E-state index in [9.17, 15) is 18.8 Å². The van der Waals surface area contributed by atoms with E-state index in [1.165, 1.54) is 36.0 Å². The number of carbonyl (C=O) groups is 3. The van der Waals surface area contributed by atoms with Crippen LogP contribution in [0.2, 0.25) is 0 Å². The second-order valence-electron chi connectivity index (χ2n) is 7.08. The van der Waals surface area contributed by atoms with Crippen LogP contribution in [0.1, 0.15) is 12.8 Å². The lowest BCUT2D eigenvalue weighted by Crippen LogP contribution is -2.48. The van der Waals surface area contributed by atoms with Gasteiger partial charge < -0.3 is 15.5 Å². The van der Waals surface area contributed by atoms with Crippen LogP contribution in [0.3, 0.4) is 0 Å². The Hall–Kier alpha value is -2.87. The van der Waals surface area contributed by atoms with Gasteiger partial charge in [0.1, 0.15) is 5.82 Å².